The molecule has 0 saturated carbocycles. The topological polar surface area (TPSA) is 102 Å². The van der Waals surface area contributed by atoms with E-state index in [1.54, 1.807) is 23.0 Å². The molecular weight excluding hydrogens is 334 g/mol. The Morgan fingerprint density at radius 1 is 1.27 bits per heavy atom. The first-order valence-corrected chi connectivity index (χ1v) is 8.53. The SMILES string of the molecule is O=C(COc1ccc(-n2cnnn2)cc1)N1CCCC(c2ccn[nH]2)C1. The van der Waals surface area contributed by atoms with E-state index in [0.717, 1.165) is 30.8 Å². The van der Waals surface area contributed by atoms with E-state index in [-0.39, 0.29) is 12.5 Å². The summed E-state index contributed by atoms with van der Waals surface area (Å²) >= 11 is 0. The minimum atomic E-state index is -0.00114. The molecule has 134 valence electrons. The van der Waals surface area contributed by atoms with E-state index in [0.29, 0.717) is 18.2 Å². The van der Waals surface area contributed by atoms with Gasteiger partial charge in [-0.2, -0.15) is 5.10 Å². The maximum atomic E-state index is 12.5. The molecule has 0 spiro atoms. The van der Waals surface area contributed by atoms with E-state index < -0.39 is 0 Å². The number of benzene rings is 1. The standard InChI is InChI=1S/C17H19N7O2/c25-17(23-9-1-2-13(10-23)16-7-8-18-20-16)11-26-15-5-3-14(4-6-15)24-12-19-21-22-24/h3-8,12-13H,1-2,9-11H2,(H,18,20). The second-order valence-electron chi connectivity index (χ2n) is 6.23. The highest BCUT2D eigenvalue weighted by Crippen LogP contribution is 2.25. The van der Waals surface area contributed by atoms with Gasteiger partial charge < -0.3 is 9.64 Å². The highest BCUT2D eigenvalue weighted by Gasteiger charge is 2.25. The summed E-state index contributed by atoms with van der Waals surface area (Å²) in [5, 5.41) is 18.0. The fourth-order valence-electron chi connectivity index (χ4n) is 3.16. The van der Waals surface area contributed by atoms with Crippen LogP contribution in [0.3, 0.4) is 0 Å². The van der Waals surface area contributed by atoms with Crippen LogP contribution in [0, 0.1) is 0 Å². The fraction of sp³-hybridized carbons (Fsp3) is 0.353. The number of piperidine rings is 1. The van der Waals surface area contributed by atoms with Gasteiger partial charge in [-0.05, 0) is 53.6 Å². The second kappa shape index (κ2) is 7.34. The van der Waals surface area contributed by atoms with Gasteiger partial charge in [0, 0.05) is 30.9 Å². The summed E-state index contributed by atoms with van der Waals surface area (Å²) < 4.78 is 7.20. The first-order valence-electron chi connectivity index (χ1n) is 8.53. The monoisotopic (exact) mass is 353 g/mol. The van der Waals surface area contributed by atoms with Gasteiger partial charge in [0.05, 0.1) is 5.69 Å². The molecule has 3 heterocycles. The molecule has 2 aromatic heterocycles. The number of amides is 1. The maximum Gasteiger partial charge on any atom is 0.260 e. The van der Waals surface area contributed by atoms with Gasteiger partial charge in [-0.1, -0.05) is 0 Å². The van der Waals surface area contributed by atoms with Gasteiger partial charge in [-0.25, -0.2) is 4.68 Å². The van der Waals surface area contributed by atoms with Crippen LogP contribution in [-0.2, 0) is 4.79 Å². The fourth-order valence-corrected chi connectivity index (χ4v) is 3.16. The third-order valence-corrected chi connectivity index (χ3v) is 4.55. The number of H-pyrrole nitrogens is 1. The number of hydrogen-bond donors (Lipinski definition) is 1. The van der Waals surface area contributed by atoms with Crippen molar-refractivity contribution in [1.29, 1.82) is 0 Å². The zero-order valence-electron chi connectivity index (χ0n) is 14.2. The van der Waals surface area contributed by atoms with Gasteiger partial charge in [0.15, 0.2) is 6.61 Å². The first kappa shape index (κ1) is 16.2. The van der Waals surface area contributed by atoms with Crippen LogP contribution in [0.25, 0.3) is 5.69 Å². The molecule has 9 heteroatoms. The summed E-state index contributed by atoms with van der Waals surface area (Å²) in [6.07, 6.45) is 5.31. The van der Waals surface area contributed by atoms with Crippen LogP contribution in [-0.4, -0.2) is 60.9 Å². The summed E-state index contributed by atoms with van der Waals surface area (Å²) in [5.74, 6) is 0.946. The average Bonchev–Trinajstić information content (AvgIpc) is 3.40. The van der Waals surface area contributed by atoms with Crippen LogP contribution in [0.15, 0.2) is 42.9 Å². The van der Waals surface area contributed by atoms with E-state index in [2.05, 4.69) is 25.7 Å². The van der Waals surface area contributed by atoms with Gasteiger partial charge in [0.2, 0.25) is 0 Å². The number of tetrazole rings is 1. The highest BCUT2D eigenvalue weighted by atomic mass is 16.5. The van der Waals surface area contributed by atoms with E-state index in [1.165, 1.54) is 6.33 Å². The predicted molar refractivity (Wildman–Crippen MR) is 91.8 cm³/mol. The molecule has 0 radical (unpaired) electrons. The number of hydrogen-bond acceptors (Lipinski definition) is 6. The van der Waals surface area contributed by atoms with Crippen molar-refractivity contribution in [2.75, 3.05) is 19.7 Å². The molecule has 1 unspecified atom stereocenters. The van der Waals surface area contributed by atoms with Crippen molar-refractivity contribution in [1.82, 2.24) is 35.3 Å². The molecule has 1 aliphatic heterocycles. The predicted octanol–water partition coefficient (Wildman–Crippen LogP) is 1.17. The largest absolute Gasteiger partial charge is 0.484 e. The Labute approximate surface area is 150 Å². The van der Waals surface area contributed by atoms with Crippen molar-refractivity contribution in [3.63, 3.8) is 0 Å². The van der Waals surface area contributed by atoms with Crippen LogP contribution in [0.5, 0.6) is 5.75 Å². The smallest absolute Gasteiger partial charge is 0.260 e. The minimum Gasteiger partial charge on any atom is -0.484 e. The molecule has 1 aromatic carbocycles. The van der Waals surface area contributed by atoms with Crippen molar-refractivity contribution < 1.29 is 9.53 Å². The summed E-state index contributed by atoms with van der Waals surface area (Å²) in [6, 6.07) is 9.25. The number of nitrogens with zero attached hydrogens (tertiary/aromatic N) is 6. The van der Waals surface area contributed by atoms with E-state index in [1.807, 2.05) is 23.1 Å². The zero-order valence-corrected chi connectivity index (χ0v) is 14.2. The Bertz CT molecular complexity index is 831. The first-order chi connectivity index (χ1) is 12.8. The lowest BCUT2D eigenvalue weighted by Gasteiger charge is -2.32. The van der Waals surface area contributed by atoms with Gasteiger partial charge >= 0.3 is 0 Å². The Kier molecular flexibility index (Phi) is 4.59. The van der Waals surface area contributed by atoms with Gasteiger partial charge in [0.1, 0.15) is 12.1 Å². The number of ether oxygens (including phenoxy) is 1. The van der Waals surface area contributed by atoms with Crippen LogP contribution in [0.1, 0.15) is 24.5 Å². The molecule has 1 fully saturated rings. The number of nitrogens with one attached hydrogen (secondary N) is 1. The Balaban J connectivity index is 1.32. The van der Waals surface area contributed by atoms with Crippen LogP contribution in [0.4, 0.5) is 0 Å². The molecule has 26 heavy (non-hydrogen) atoms. The molecule has 0 bridgehead atoms. The molecule has 0 aliphatic carbocycles. The number of carbonyl (C=O) groups excluding carboxylic acids is 1. The summed E-state index contributed by atoms with van der Waals surface area (Å²) in [6.45, 7) is 1.49. The molecule has 4 rings (SSSR count). The molecule has 9 nitrogen and oxygen atoms in total. The Morgan fingerprint density at radius 3 is 2.88 bits per heavy atom. The lowest BCUT2D eigenvalue weighted by Crippen LogP contribution is -2.41. The number of aromatic nitrogens is 6. The quantitative estimate of drug-likeness (QED) is 0.739. The van der Waals surface area contributed by atoms with E-state index in [9.17, 15) is 4.79 Å². The van der Waals surface area contributed by atoms with Crippen LogP contribution in [0.2, 0.25) is 0 Å². The maximum absolute atomic E-state index is 12.5. The number of likely N-dealkylation sites (tertiary alicyclic amines) is 1. The molecular formula is C17H19N7O2. The van der Waals surface area contributed by atoms with Crippen molar-refractivity contribution in [3.05, 3.63) is 48.5 Å². The van der Waals surface area contributed by atoms with Crippen molar-refractivity contribution in [2.24, 2.45) is 0 Å². The molecule has 1 aliphatic rings. The second-order valence-corrected chi connectivity index (χ2v) is 6.23. The average molecular weight is 353 g/mol. The highest BCUT2D eigenvalue weighted by molar-refractivity contribution is 5.78. The molecule has 1 N–H and O–H groups in total. The lowest BCUT2D eigenvalue weighted by molar-refractivity contribution is -0.134. The number of rotatable bonds is 5. The number of carbonyl (C=O) groups is 1. The summed E-state index contributed by atoms with van der Waals surface area (Å²) in [5.41, 5.74) is 1.91. The van der Waals surface area contributed by atoms with Gasteiger partial charge in [-0.15, -0.1) is 5.10 Å². The summed E-state index contributed by atoms with van der Waals surface area (Å²) in [4.78, 5) is 14.4. The Morgan fingerprint density at radius 2 is 2.15 bits per heavy atom. The van der Waals surface area contributed by atoms with Gasteiger partial charge in [0.25, 0.3) is 5.91 Å². The third-order valence-electron chi connectivity index (χ3n) is 4.55. The normalized spacial score (nSPS) is 17.2. The third kappa shape index (κ3) is 3.56. The number of aromatic amines is 1. The zero-order chi connectivity index (χ0) is 17.8. The van der Waals surface area contributed by atoms with Crippen LogP contribution >= 0.6 is 0 Å². The summed E-state index contributed by atoms with van der Waals surface area (Å²) in [7, 11) is 0. The minimum absolute atomic E-state index is 0.00114. The van der Waals surface area contributed by atoms with Crippen molar-refractivity contribution >= 4 is 5.91 Å². The Hall–Kier alpha value is -3.23. The molecule has 1 amide bonds. The van der Waals surface area contributed by atoms with Crippen molar-refractivity contribution in [2.45, 2.75) is 18.8 Å². The van der Waals surface area contributed by atoms with Gasteiger partial charge in [-0.3, -0.25) is 9.89 Å². The van der Waals surface area contributed by atoms with Crippen LogP contribution < -0.4 is 4.74 Å². The van der Waals surface area contributed by atoms with Crippen molar-refractivity contribution in [3.8, 4) is 11.4 Å². The molecule has 1 saturated heterocycles. The molecule has 1 atom stereocenters. The van der Waals surface area contributed by atoms with E-state index in [4.69, 9.17) is 4.74 Å². The molecule has 3 aromatic rings. The lowest BCUT2D eigenvalue weighted by atomic mass is 9.95. The van der Waals surface area contributed by atoms with E-state index >= 15 is 0 Å².